The van der Waals surface area contributed by atoms with E-state index in [4.69, 9.17) is 4.74 Å². The molecule has 0 amide bonds. The molecule has 0 heterocycles. The van der Waals surface area contributed by atoms with Gasteiger partial charge in [0.1, 0.15) is 5.75 Å². The van der Waals surface area contributed by atoms with E-state index in [9.17, 15) is 0 Å². The van der Waals surface area contributed by atoms with Crippen LogP contribution in [0.5, 0.6) is 5.75 Å². The summed E-state index contributed by atoms with van der Waals surface area (Å²) in [6, 6.07) is 8.91. The van der Waals surface area contributed by atoms with Gasteiger partial charge in [0.05, 0.1) is 11.8 Å². The lowest BCUT2D eigenvalue weighted by Crippen LogP contribution is -2.28. The zero-order chi connectivity index (χ0) is 14.5. The standard InChI is InChI=1S/C18H29NO/c1-13(2)15-9-11-16(12-10-15)19-17-7-5-6-8-18(17)20-14(3)4/h5-8,13-16,19H,9-12H2,1-4H3. The van der Waals surface area contributed by atoms with E-state index in [1.54, 1.807) is 0 Å². The molecule has 0 spiro atoms. The Morgan fingerprint density at radius 3 is 2.25 bits per heavy atom. The van der Waals surface area contributed by atoms with E-state index in [0.717, 1.165) is 23.3 Å². The van der Waals surface area contributed by atoms with Gasteiger partial charge < -0.3 is 10.1 Å². The van der Waals surface area contributed by atoms with Crippen LogP contribution in [-0.2, 0) is 0 Å². The largest absolute Gasteiger partial charge is 0.489 e. The minimum Gasteiger partial charge on any atom is -0.489 e. The summed E-state index contributed by atoms with van der Waals surface area (Å²) in [6.07, 6.45) is 5.47. The van der Waals surface area contributed by atoms with Gasteiger partial charge in [0, 0.05) is 6.04 Å². The molecule has 1 aromatic carbocycles. The SMILES string of the molecule is CC(C)Oc1ccccc1NC1CCC(C(C)C)CC1. The van der Waals surface area contributed by atoms with E-state index in [2.05, 4.69) is 51.2 Å². The third-order valence-corrected chi connectivity index (χ3v) is 4.32. The van der Waals surface area contributed by atoms with Gasteiger partial charge in [-0.15, -0.1) is 0 Å². The highest BCUT2D eigenvalue weighted by Crippen LogP contribution is 2.33. The quantitative estimate of drug-likeness (QED) is 0.807. The molecule has 1 aromatic rings. The van der Waals surface area contributed by atoms with Gasteiger partial charge in [0.2, 0.25) is 0 Å². The van der Waals surface area contributed by atoms with Crippen molar-refractivity contribution in [3.8, 4) is 5.75 Å². The van der Waals surface area contributed by atoms with Crippen LogP contribution in [0.2, 0.25) is 0 Å². The Morgan fingerprint density at radius 2 is 1.65 bits per heavy atom. The molecule has 2 heteroatoms. The maximum absolute atomic E-state index is 5.88. The van der Waals surface area contributed by atoms with Crippen LogP contribution >= 0.6 is 0 Å². The summed E-state index contributed by atoms with van der Waals surface area (Å²) in [4.78, 5) is 0. The second-order valence-corrected chi connectivity index (χ2v) is 6.66. The fraction of sp³-hybridized carbons (Fsp3) is 0.667. The van der Waals surface area contributed by atoms with Crippen LogP contribution in [0.4, 0.5) is 5.69 Å². The molecule has 1 N–H and O–H groups in total. The summed E-state index contributed by atoms with van der Waals surface area (Å²) in [5.41, 5.74) is 1.15. The number of hydrogen-bond donors (Lipinski definition) is 1. The van der Waals surface area contributed by atoms with Gasteiger partial charge in [-0.3, -0.25) is 0 Å². The second-order valence-electron chi connectivity index (χ2n) is 6.66. The first-order valence-corrected chi connectivity index (χ1v) is 8.08. The zero-order valence-corrected chi connectivity index (χ0v) is 13.4. The van der Waals surface area contributed by atoms with Gasteiger partial charge in [0.25, 0.3) is 0 Å². The van der Waals surface area contributed by atoms with Crippen molar-refractivity contribution in [2.45, 2.75) is 65.5 Å². The summed E-state index contributed by atoms with van der Waals surface area (Å²) < 4.78 is 5.88. The molecule has 20 heavy (non-hydrogen) atoms. The van der Waals surface area contributed by atoms with Gasteiger partial charge in [-0.2, -0.15) is 0 Å². The Bertz CT molecular complexity index is 406. The topological polar surface area (TPSA) is 21.3 Å². The predicted octanol–water partition coefficient (Wildman–Crippen LogP) is 5.10. The van der Waals surface area contributed by atoms with Crippen LogP contribution in [-0.4, -0.2) is 12.1 Å². The highest BCUT2D eigenvalue weighted by atomic mass is 16.5. The van der Waals surface area contributed by atoms with Gasteiger partial charge in [-0.25, -0.2) is 0 Å². The molecule has 1 saturated carbocycles. The van der Waals surface area contributed by atoms with Crippen molar-refractivity contribution >= 4 is 5.69 Å². The fourth-order valence-electron chi connectivity index (χ4n) is 3.09. The molecular weight excluding hydrogens is 246 g/mol. The molecule has 1 fully saturated rings. The molecule has 0 aliphatic heterocycles. The molecule has 0 saturated heterocycles. The summed E-state index contributed by atoms with van der Waals surface area (Å²) in [5, 5.41) is 3.69. The molecule has 0 aromatic heterocycles. The number of para-hydroxylation sites is 2. The number of hydrogen-bond acceptors (Lipinski definition) is 2. The smallest absolute Gasteiger partial charge is 0.142 e. The molecular formula is C18H29NO. The van der Waals surface area contributed by atoms with Crippen LogP contribution in [0.1, 0.15) is 53.4 Å². The molecule has 0 atom stereocenters. The first-order valence-electron chi connectivity index (χ1n) is 8.08. The molecule has 112 valence electrons. The maximum atomic E-state index is 5.88. The first-order chi connectivity index (χ1) is 9.56. The molecule has 1 aliphatic carbocycles. The van der Waals surface area contributed by atoms with Gasteiger partial charge >= 0.3 is 0 Å². The number of nitrogens with one attached hydrogen (secondary N) is 1. The van der Waals surface area contributed by atoms with Gasteiger partial charge in [0.15, 0.2) is 0 Å². The van der Waals surface area contributed by atoms with Crippen LogP contribution in [0.25, 0.3) is 0 Å². The Balaban J connectivity index is 1.94. The lowest BCUT2D eigenvalue weighted by Gasteiger charge is -2.32. The van der Waals surface area contributed by atoms with E-state index >= 15 is 0 Å². The molecule has 2 rings (SSSR count). The van der Waals surface area contributed by atoms with E-state index in [-0.39, 0.29) is 6.10 Å². The Kier molecular flexibility index (Phi) is 5.33. The van der Waals surface area contributed by atoms with Gasteiger partial charge in [-0.05, 0) is 63.5 Å². The molecule has 0 bridgehead atoms. The minimum absolute atomic E-state index is 0.217. The third-order valence-electron chi connectivity index (χ3n) is 4.32. The number of anilines is 1. The van der Waals surface area contributed by atoms with Crippen LogP contribution in [0.15, 0.2) is 24.3 Å². The molecule has 1 aliphatic rings. The van der Waals surface area contributed by atoms with Crippen molar-refractivity contribution in [2.75, 3.05) is 5.32 Å². The van der Waals surface area contributed by atoms with E-state index in [1.165, 1.54) is 25.7 Å². The lowest BCUT2D eigenvalue weighted by atomic mass is 9.79. The van der Waals surface area contributed by atoms with Crippen molar-refractivity contribution in [3.05, 3.63) is 24.3 Å². The molecule has 0 unspecified atom stereocenters. The summed E-state index contributed by atoms with van der Waals surface area (Å²) >= 11 is 0. The first kappa shape index (κ1) is 15.2. The van der Waals surface area contributed by atoms with E-state index in [1.807, 2.05) is 6.07 Å². The average molecular weight is 275 g/mol. The van der Waals surface area contributed by atoms with E-state index in [0.29, 0.717) is 6.04 Å². The van der Waals surface area contributed by atoms with Crippen molar-refractivity contribution < 1.29 is 4.74 Å². The highest BCUT2D eigenvalue weighted by Gasteiger charge is 2.23. The summed E-state index contributed by atoms with van der Waals surface area (Å²) in [7, 11) is 0. The zero-order valence-electron chi connectivity index (χ0n) is 13.4. The Hall–Kier alpha value is -1.18. The lowest BCUT2D eigenvalue weighted by molar-refractivity contribution is 0.242. The minimum atomic E-state index is 0.217. The normalized spacial score (nSPS) is 23.1. The monoisotopic (exact) mass is 275 g/mol. The average Bonchev–Trinajstić information content (AvgIpc) is 2.41. The van der Waals surface area contributed by atoms with Crippen molar-refractivity contribution in [3.63, 3.8) is 0 Å². The second kappa shape index (κ2) is 7.01. The number of ether oxygens (including phenoxy) is 1. The van der Waals surface area contributed by atoms with Crippen molar-refractivity contribution in [1.29, 1.82) is 0 Å². The Labute approximate surface area is 123 Å². The number of benzene rings is 1. The van der Waals surface area contributed by atoms with E-state index < -0.39 is 0 Å². The van der Waals surface area contributed by atoms with Crippen LogP contribution in [0, 0.1) is 11.8 Å². The number of rotatable bonds is 5. The summed E-state index contributed by atoms with van der Waals surface area (Å²) in [5.74, 6) is 2.72. The Morgan fingerprint density at radius 1 is 1.00 bits per heavy atom. The van der Waals surface area contributed by atoms with Crippen LogP contribution in [0.3, 0.4) is 0 Å². The predicted molar refractivity (Wildman–Crippen MR) is 86.4 cm³/mol. The third kappa shape index (κ3) is 4.16. The highest BCUT2D eigenvalue weighted by molar-refractivity contribution is 5.56. The van der Waals surface area contributed by atoms with Crippen molar-refractivity contribution in [1.82, 2.24) is 0 Å². The maximum Gasteiger partial charge on any atom is 0.142 e. The molecule has 0 radical (unpaired) electrons. The van der Waals surface area contributed by atoms with Crippen LogP contribution < -0.4 is 10.1 Å². The fourth-order valence-corrected chi connectivity index (χ4v) is 3.09. The summed E-state index contributed by atoms with van der Waals surface area (Å²) in [6.45, 7) is 8.85. The molecule has 2 nitrogen and oxygen atoms in total. The van der Waals surface area contributed by atoms with Crippen molar-refractivity contribution in [2.24, 2.45) is 11.8 Å². The van der Waals surface area contributed by atoms with Gasteiger partial charge in [-0.1, -0.05) is 26.0 Å².